The first-order chi connectivity index (χ1) is 10.2. The summed E-state index contributed by atoms with van der Waals surface area (Å²) < 4.78 is 56.8. The smallest absolute Gasteiger partial charge is 0.356 e. The summed E-state index contributed by atoms with van der Waals surface area (Å²) in [6.45, 7) is 1.76. The van der Waals surface area contributed by atoms with Crippen LogP contribution in [0, 0.1) is 5.82 Å². The van der Waals surface area contributed by atoms with Crippen molar-refractivity contribution in [2.45, 2.75) is 24.8 Å². The van der Waals surface area contributed by atoms with Gasteiger partial charge in [0.2, 0.25) is 0 Å². The van der Waals surface area contributed by atoms with Gasteiger partial charge in [-0.3, -0.25) is 0 Å². The molecule has 1 fully saturated rings. The normalized spacial score (nSPS) is 24.4. The lowest BCUT2D eigenvalue weighted by Gasteiger charge is -2.10. The van der Waals surface area contributed by atoms with Crippen LogP contribution in [0.15, 0.2) is 42.5 Å². The highest BCUT2D eigenvalue weighted by atomic mass is 35.5. The van der Waals surface area contributed by atoms with Crippen LogP contribution >= 0.6 is 11.6 Å². The molecule has 0 spiro atoms. The van der Waals surface area contributed by atoms with Crippen molar-refractivity contribution in [1.82, 2.24) is 0 Å². The van der Waals surface area contributed by atoms with E-state index >= 15 is 0 Å². The van der Waals surface area contributed by atoms with Crippen LogP contribution in [0.4, 0.5) is 17.6 Å². The van der Waals surface area contributed by atoms with Crippen molar-refractivity contribution in [2.75, 3.05) is 0 Å². The number of hydrogen-bond donors (Lipinski definition) is 0. The van der Waals surface area contributed by atoms with E-state index in [1.807, 2.05) is 0 Å². The van der Waals surface area contributed by atoms with E-state index in [1.54, 1.807) is 13.0 Å². The molecule has 0 saturated carbocycles. The molecule has 2 atom stereocenters. The zero-order chi connectivity index (χ0) is 16.1. The summed E-state index contributed by atoms with van der Waals surface area (Å²) in [5, 5.41) is 0.0145. The molecule has 116 valence electrons. The van der Waals surface area contributed by atoms with Gasteiger partial charge >= 0.3 is 6.18 Å². The van der Waals surface area contributed by atoms with Crippen LogP contribution in [-0.2, 0) is 16.5 Å². The predicted octanol–water partition coefficient (Wildman–Crippen LogP) is 5.48. The second-order valence-electron chi connectivity index (χ2n) is 5.35. The highest BCUT2D eigenvalue weighted by Gasteiger charge is 2.54. The van der Waals surface area contributed by atoms with Gasteiger partial charge < -0.3 is 4.74 Å². The Bertz CT molecular complexity index is 711. The van der Waals surface area contributed by atoms with Gasteiger partial charge in [-0.05, 0) is 42.3 Å². The van der Waals surface area contributed by atoms with Crippen molar-refractivity contribution >= 4 is 11.6 Å². The van der Waals surface area contributed by atoms with E-state index in [9.17, 15) is 17.6 Å². The Morgan fingerprint density at radius 1 is 1.09 bits per heavy atom. The Kier molecular flexibility index (Phi) is 3.45. The van der Waals surface area contributed by atoms with Crippen LogP contribution in [0.25, 0.3) is 0 Å². The lowest BCUT2D eigenvalue weighted by molar-refractivity contribution is -0.137. The minimum Gasteiger partial charge on any atom is -0.356 e. The third-order valence-electron chi connectivity index (χ3n) is 3.84. The summed E-state index contributed by atoms with van der Waals surface area (Å²) in [6.07, 6.45) is -4.78. The standard InChI is InChI=1S/C16H11ClF4O/c1-15(10-3-5-11(6-4-10)16(19,20)21)14(22-15)9-2-7-12(17)13(18)8-9/h2-8,14H,1H3/t14-,15-/m1/s1. The van der Waals surface area contributed by atoms with E-state index in [2.05, 4.69) is 0 Å². The lowest BCUT2D eigenvalue weighted by Crippen LogP contribution is -2.08. The van der Waals surface area contributed by atoms with Gasteiger partial charge in [0, 0.05) is 0 Å². The van der Waals surface area contributed by atoms with E-state index in [-0.39, 0.29) is 5.02 Å². The first-order valence-corrected chi connectivity index (χ1v) is 6.90. The number of alkyl halides is 3. The van der Waals surface area contributed by atoms with Crippen LogP contribution in [-0.4, -0.2) is 0 Å². The molecule has 1 aliphatic heterocycles. The maximum Gasteiger partial charge on any atom is 0.416 e. The first-order valence-electron chi connectivity index (χ1n) is 6.52. The van der Waals surface area contributed by atoms with Gasteiger partial charge in [-0.15, -0.1) is 0 Å². The van der Waals surface area contributed by atoms with E-state index in [4.69, 9.17) is 16.3 Å². The number of rotatable bonds is 2. The molecule has 1 saturated heterocycles. The van der Waals surface area contributed by atoms with Crippen molar-refractivity contribution < 1.29 is 22.3 Å². The van der Waals surface area contributed by atoms with Gasteiger partial charge in [-0.25, -0.2) is 4.39 Å². The number of hydrogen-bond acceptors (Lipinski definition) is 1. The van der Waals surface area contributed by atoms with Crippen LogP contribution in [0.3, 0.4) is 0 Å². The summed E-state index contributed by atoms with van der Waals surface area (Å²) in [5.41, 5.74) is -0.260. The highest BCUT2D eigenvalue weighted by molar-refractivity contribution is 6.30. The van der Waals surface area contributed by atoms with Crippen LogP contribution in [0.2, 0.25) is 5.02 Å². The maximum atomic E-state index is 13.5. The molecule has 22 heavy (non-hydrogen) atoms. The summed E-state index contributed by atoms with van der Waals surface area (Å²) in [6, 6.07) is 9.16. The molecule has 0 amide bonds. The number of halogens is 5. The molecule has 2 aromatic rings. The fourth-order valence-corrected chi connectivity index (χ4v) is 2.60. The molecule has 0 bridgehead atoms. The quantitative estimate of drug-likeness (QED) is 0.524. The average Bonchev–Trinajstić information content (AvgIpc) is 3.15. The fraction of sp³-hybridized carbons (Fsp3) is 0.250. The molecule has 0 aromatic heterocycles. The minimum absolute atomic E-state index is 0.0145. The molecule has 0 radical (unpaired) electrons. The van der Waals surface area contributed by atoms with E-state index in [1.165, 1.54) is 24.3 Å². The molecule has 0 N–H and O–H groups in total. The first kappa shape index (κ1) is 15.3. The van der Waals surface area contributed by atoms with Crippen molar-refractivity contribution in [1.29, 1.82) is 0 Å². The SMILES string of the molecule is C[C@]1(c2ccc(C(F)(F)F)cc2)O[C@@H]1c1ccc(Cl)c(F)c1. The molecule has 0 unspecified atom stereocenters. The Hall–Kier alpha value is -1.59. The van der Waals surface area contributed by atoms with Gasteiger partial charge in [0.15, 0.2) is 0 Å². The van der Waals surface area contributed by atoms with Gasteiger partial charge in [-0.1, -0.05) is 29.8 Å². The average molecular weight is 331 g/mol. The fourth-order valence-electron chi connectivity index (χ4n) is 2.48. The van der Waals surface area contributed by atoms with Crippen molar-refractivity contribution in [2.24, 2.45) is 0 Å². The Labute approximate surface area is 129 Å². The molecule has 1 nitrogen and oxygen atoms in total. The van der Waals surface area contributed by atoms with Crippen LogP contribution in [0.5, 0.6) is 0 Å². The van der Waals surface area contributed by atoms with E-state index < -0.39 is 29.3 Å². The molecule has 3 rings (SSSR count). The van der Waals surface area contributed by atoms with Crippen molar-refractivity contribution in [3.63, 3.8) is 0 Å². The summed E-state index contributed by atoms with van der Waals surface area (Å²) in [7, 11) is 0. The highest BCUT2D eigenvalue weighted by Crippen LogP contribution is 2.57. The van der Waals surface area contributed by atoms with Crippen molar-refractivity contribution in [3.05, 3.63) is 70.0 Å². The monoisotopic (exact) mass is 330 g/mol. The predicted molar refractivity (Wildman–Crippen MR) is 74.0 cm³/mol. The molecular formula is C16H11ClF4O. The maximum absolute atomic E-state index is 13.5. The zero-order valence-electron chi connectivity index (χ0n) is 11.4. The van der Waals surface area contributed by atoms with Gasteiger partial charge in [0.1, 0.15) is 17.5 Å². The third kappa shape index (κ3) is 2.59. The number of epoxide rings is 1. The van der Waals surface area contributed by atoms with Crippen LogP contribution < -0.4 is 0 Å². The van der Waals surface area contributed by atoms with Gasteiger partial charge in [-0.2, -0.15) is 13.2 Å². The number of ether oxygens (including phenoxy) is 1. The van der Waals surface area contributed by atoms with Crippen molar-refractivity contribution in [3.8, 4) is 0 Å². The second-order valence-corrected chi connectivity index (χ2v) is 5.76. The second kappa shape index (κ2) is 4.96. The summed E-state index contributed by atoms with van der Waals surface area (Å²) >= 11 is 5.63. The summed E-state index contributed by atoms with van der Waals surface area (Å²) in [4.78, 5) is 0. The summed E-state index contributed by atoms with van der Waals surface area (Å²) in [5.74, 6) is -0.551. The zero-order valence-corrected chi connectivity index (χ0v) is 12.2. The Morgan fingerprint density at radius 3 is 2.27 bits per heavy atom. The molecule has 1 heterocycles. The topological polar surface area (TPSA) is 12.5 Å². The van der Waals surface area contributed by atoms with Crippen LogP contribution in [0.1, 0.15) is 29.7 Å². The minimum atomic E-state index is -4.37. The molecule has 0 aliphatic carbocycles. The number of benzene rings is 2. The largest absolute Gasteiger partial charge is 0.416 e. The molecular weight excluding hydrogens is 320 g/mol. The molecule has 2 aromatic carbocycles. The Morgan fingerprint density at radius 2 is 1.73 bits per heavy atom. The van der Waals surface area contributed by atoms with E-state index in [0.29, 0.717) is 11.1 Å². The Balaban J connectivity index is 1.85. The third-order valence-corrected chi connectivity index (χ3v) is 4.14. The van der Waals surface area contributed by atoms with Gasteiger partial charge in [0.25, 0.3) is 0 Å². The molecule has 1 aliphatic rings. The lowest BCUT2D eigenvalue weighted by atomic mass is 9.93. The van der Waals surface area contributed by atoms with E-state index in [0.717, 1.165) is 12.1 Å². The van der Waals surface area contributed by atoms with Gasteiger partial charge in [0.05, 0.1) is 10.6 Å². The molecule has 6 heteroatoms.